The molecule has 29 heavy (non-hydrogen) atoms. The lowest BCUT2D eigenvalue weighted by atomic mass is 10.1. The molecule has 0 unspecified atom stereocenters. The summed E-state index contributed by atoms with van der Waals surface area (Å²) in [6.07, 6.45) is -0.875. The number of nitrogens with zero attached hydrogens (tertiary/aromatic N) is 2. The molecule has 0 aliphatic carbocycles. The minimum atomic E-state index is -4.33. The van der Waals surface area contributed by atoms with E-state index in [4.69, 9.17) is 9.47 Å². The van der Waals surface area contributed by atoms with Gasteiger partial charge in [0, 0.05) is 32.0 Å². The van der Waals surface area contributed by atoms with Gasteiger partial charge in [0.05, 0.1) is 5.56 Å². The van der Waals surface area contributed by atoms with Gasteiger partial charge in [-0.1, -0.05) is 18.2 Å². The van der Waals surface area contributed by atoms with E-state index in [0.29, 0.717) is 25.4 Å². The summed E-state index contributed by atoms with van der Waals surface area (Å²) in [6.45, 7) is 1.97. The van der Waals surface area contributed by atoms with Crippen LogP contribution in [0.3, 0.4) is 0 Å². The standard InChI is InChI=1S/C22H19F3N2O2/c23-22(24,25)19-4-1-16(2-5-19)12-27(13-17-7-9-26-10-8-17)14-18-3-6-20-21(11-18)29-15-28-20/h1-11H,12-15H2. The summed E-state index contributed by atoms with van der Waals surface area (Å²) in [7, 11) is 0. The summed E-state index contributed by atoms with van der Waals surface area (Å²) < 4.78 is 49.3. The molecule has 0 saturated carbocycles. The van der Waals surface area contributed by atoms with Crippen molar-refractivity contribution in [2.45, 2.75) is 25.8 Å². The maximum atomic E-state index is 12.8. The van der Waals surface area contributed by atoms with Crippen LogP contribution in [0.2, 0.25) is 0 Å². The Labute approximate surface area is 166 Å². The van der Waals surface area contributed by atoms with Crippen LogP contribution >= 0.6 is 0 Å². The van der Waals surface area contributed by atoms with E-state index in [2.05, 4.69) is 9.88 Å². The van der Waals surface area contributed by atoms with Crippen molar-refractivity contribution >= 4 is 0 Å². The van der Waals surface area contributed by atoms with E-state index in [9.17, 15) is 13.2 Å². The Morgan fingerprint density at radius 2 is 1.34 bits per heavy atom. The topological polar surface area (TPSA) is 34.6 Å². The van der Waals surface area contributed by atoms with Gasteiger partial charge in [-0.15, -0.1) is 0 Å². The molecule has 0 saturated heterocycles. The van der Waals surface area contributed by atoms with Gasteiger partial charge >= 0.3 is 6.18 Å². The zero-order chi connectivity index (χ0) is 20.3. The quantitative estimate of drug-likeness (QED) is 0.581. The molecule has 1 aliphatic rings. The number of benzene rings is 2. The summed E-state index contributed by atoms with van der Waals surface area (Å²) in [6, 6.07) is 15.0. The second-order valence-corrected chi connectivity index (χ2v) is 6.88. The Morgan fingerprint density at radius 3 is 2.03 bits per heavy atom. The molecule has 7 heteroatoms. The number of hydrogen-bond donors (Lipinski definition) is 0. The SMILES string of the molecule is FC(F)(F)c1ccc(CN(Cc2ccncc2)Cc2ccc3c(c2)OCO3)cc1. The van der Waals surface area contributed by atoms with Gasteiger partial charge in [0.2, 0.25) is 6.79 Å². The summed E-state index contributed by atoms with van der Waals surface area (Å²) in [5.41, 5.74) is 2.29. The van der Waals surface area contributed by atoms with Gasteiger partial charge in [-0.25, -0.2) is 0 Å². The predicted octanol–water partition coefficient (Wildman–Crippen LogP) is 5.03. The average Bonchev–Trinajstić information content (AvgIpc) is 3.16. The third kappa shape index (κ3) is 4.86. The number of alkyl halides is 3. The molecule has 0 atom stereocenters. The van der Waals surface area contributed by atoms with Crippen molar-refractivity contribution in [2.75, 3.05) is 6.79 Å². The van der Waals surface area contributed by atoms with Crippen LogP contribution in [-0.4, -0.2) is 16.7 Å². The van der Waals surface area contributed by atoms with Crippen LogP contribution in [0.15, 0.2) is 67.0 Å². The number of aromatic nitrogens is 1. The Hall–Kier alpha value is -3.06. The maximum Gasteiger partial charge on any atom is 0.416 e. The molecule has 1 aromatic heterocycles. The van der Waals surface area contributed by atoms with Crippen LogP contribution in [0.25, 0.3) is 0 Å². The lowest BCUT2D eigenvalue weighted by molar-refractivity contribution is -0.137. The molecular formula is C22H19F3N2O2. The number of ether oxygens (including phenoxy) is 2. The van der Waals surface area contributed by atoms with E-state index >= 15 is 0 Å². The molecule has 0 spiro atoms. The molecule has 4 rings (SSSR count). The fraction of sp³-hybridized carbons (Fsp3) is 0.227. The van der Waals surface area contributed by atoms with E-state index in [0.717, 1.165) is 34.6 Å². The molecule has 0 radical (unpaired) electrons. The van der Waals surface area contributed by atoms with E-state index < -0.39 is 11.7 Å². The van der Waals surface area contributed by atoms with Gasteiger partial charge in [-0.3, -0.25) is 9.88 Å². The largest absolute Gasteiger partial charge is 0.454 e. The highest BCUT2D eigenvalue weighted by Crippen LogP contribution is 2.33. The Bertz CT molecular complexity index is 960. The van der Waals surface area contributed by atoms with E-state index in [1.165, 1.54) is 12.1 Å². The third-order valence-electron chi connectivity index (χ3n) is 4.69. The van der Waals surface area contributed by atoms with Crippen LogP contribution in [0.5, 0.6) is 11.5 Å². The van der Waals surface area contributed by atoms with Crippen molar-refractivity contribution in [1.29, 1.82) is 0 Å². The van der Waals surface area contributed by atoms with E-state index in [1.54, 1.807) is 12.4 Å². The molecular weight excluding hydrogens is 381 g/mol. The van der Waals surface area contributed by atoms with E-state index in [-0.39, 0.29) is 6.79 Å². The lowest BCUT2D eigenvalue weighted by Crippen LogP contribution is -2.22. The van der Waals surface area contributed by atoms with Crippen molar-refractivity contribution in [2.24, 2.45) is 0 Å². The molecule has 2 aromatic carbocycles. The number of fused-ring (bicyclic) bond motifs is 1. The number of halogens is 3. The summed E-state index contributed by atoms with van der Waals surface area (Å²) >= 11 is 0. The van der Waals surface area contributed by atoms with Crippen molar-refractivity contribution in [3.8, 4) is 11.5 Å². The lowest BCUT2D eigenvalue weighted by Gasteiger charge is -2.23. The van der Waals surface area contributed by atoms with Crippen LogP contribution in [0.4, 0.5) is 13.2 Å². The predicted molar refractivity (Wildman–Crippen MR) is 101 cm³/mol. The van der Waals surface area contributed by atoms with Gasteiger partial charge in [-0.2, -0.15) is 13.2 Å². The third-order valence-corrected chi connectivity index (χ3v) is 4.69. The average molecular weight is 400 g/mol. The van der Waals surface area contributed by atoms with Gasteiger partial charge in [0.15, 0.2) is 11.5 Å². The minimum absolute atomic E-state index is 0.213. The zero-order valence-corrected chi connectivity index (χ0v) is 15.5. The van der Waals surface area contributed by atoms with Crippen LogP contribution in [0.1, 0.15) is 22.3 Å². The van der Waals surface area contributed by atoms with Crippen LogP contribution in [-0.2, 0) is 25.8 Å². The van der Waals surface area contributed by atoms with E-state index in [1.807, 2.05) is 30.3 Å². The van der Waals surface area contributed by atoms with Gasteiger partial charge in [0.1, 0.15) is 0 Å². The van der Waals surface area contributed by atoms with Crippen molar-refractivity contribution < 1.29 is 22.6 Å². The number of rotatable bonds is 6. The fourth-order valence-electron chi connectivity index (χ4n) is 3.27. The first-order chi connectivity index (χ1) is 14.0. The fourth-order valence-corrected chi connectivity index (χ4v) is 3.27. The summed E-state index contributed by atoms with van der Waals surface area (Å²) in [5.74, 6) is 1.43. The molecule has 4 nitrogen and oxygen atoms in total. The van der Waals surface area contributed by atoms with Crippen molar-refractivity contribution in [3.05, 3.63) is 89.2 Å². The first kappa shape index (κ1) is 19.3. The first-order valence-electron chi connectivity index (χ1n) is 9.13. The maximum absolute atomic E-state index is 12.8. The summed E-state index contributed by atoms with van der Waals surface area (Å²) in [5, 5.41) is 0. The molecule has 0 bridgehead atoms. The normalized spacial score (nSPS) is 13.1. The monoisotopic (exact) mass is 400 g/mol. The highest BCUT2D eigenvalue weighted by atomic mass is 19.4. The molecule has 0 fully saturated rings. The first-order valence-corrected chi connectivity index (χ1v) is 9.13. The highest BCUT2D eigenvalue weighted by Gasteiger charge is 2.30. The Morgan fingerprint density at radius 1 is 0.759 bits per heavy atom. The number of hydrogen-bond acceptors (Lipinski definition) is 4. The molecule has 3 aromatic rings. The van der Waals surface area contributed by atoms with Crippen LogP contribution < -0.4 is 9.47 Å². The van der Waals surface area contributed by atoms with Crippen molar-refractivity contribution in [3.63, 3.8) is 0 Å². The summed E-state index contributed by atoms with van der Waals surface area (Å²) in [4.78, 5) is 6.20. The smallest absolute Gasteiger partial charge is 0.416 e. The van der Waals surface area contributed by atoms with Crippen LogP contribution in [0, 0.1) is 0 Å². The second kappa shape index (κ2) is 8.13. The van der Waals surface area contributed by atoms with Crippen molar-refractivity contribution in [1.82, 2.24) is 9.88 Å². The molecule has 2 heterocycles. The number of pyridine rings is 1. The molecule has 1 aliphatic heterocycles. The van der Waals surface area contributed by atoms with Gasteiger partial charge in [-0.05, 0) is 53.1 Å². The zero-order valence-electron chi connectivity index (χ0n) is 15.5. The minimum Gasteiger partial charge on any atom is -0.454 e. The highest BCUT2D eigenvalue weighted by molar-refractivity contribution is 5.44. The molecule has 150 valence electrons. The molecule has 0 amide bonds. The second-order valence-electron chi connectivity index (χ2n) is 6.88. The Balaban J connectivity index is 1.53. The van der Waals surface area contributed by atoms with Gasteiger partial charge in [0.25, 0.3) is 0 Å². The Kier molecular flexibility index (Phi) is 5.40. The van der Waals surface area contributed by atoms with Gasteiger partial charge < -0.3 is 9.47 Å². The molecule has 0 N–H and O–H groups in total.